The molecule has 0 aromatic heterocycles. The zero-order chi connectivity index (χ0) is 26.4. The first-order valence-electron chi connectivity index (χ1n) is 12.7. The first kappa shape index (κ1) is 23.6. The summed E-state index contributed by atoms with van der Waals surface area (Å²) < 4.78 is 5.92. The number of aromatic hydroxyl groups is 1. The Morgan fingerprint density at radius 2 is 1.81 bits per heavy atom. The fourth-order valence-electron chi connectivity index (χ4n) is 6.83. The fraction of sp³-hybridized carbons (Fsp3) is 0.400. The molecule has 6 rings (SSSR count). The molecule has 2 amide bonds. The van der Waals surface area contributed by atoms with Crippen molar-refractivity contribution in [2.45, 2.75) is 52.5 Å². The number of hydrogen-bond acceptors (Lipinski definition) is 6. The van der Waals surface area contributed by atoms with Gasteiger partial charge < -0.3 is 9.84 Å². The van der Waals surface area contributed by atoms with Crippen LogP contribution in [-0.2, 0) is 25.6 Å². The summed E-state index contributed by atoms with van der Waals surface area (Å²) in [5.74, 6) is -1.94. The van der Waals surface area contributed by atoms with Crippen molar-refractivity contribution >= 4 is 23.4 Å². The Kier molecular flexibility index (Phi) is 5.03. The highest BCUT2D eigenvalue weighted by Crippen LogP contribution is 2.55. The highest BCUT2D eigenvalue weighted by atomic mass is 16.5. The van der Waals surface area contributed by atoms with Gasteiger partial charge in [0.1, 0.15) is 11.5 Å². The summed E-state index contributed by atoms with van der Waals surface area (Å²) >= 11 is 0. The van der Waals surface area contributed by atoms with Crippen LogP contribution in [0.2, 0.25) is 0 Å². The van der Waals surface area contributed by atoms with E-state index in [9.17, 15) is 24.3 Å². The number of Topliss-reactive ketones (excluding diaryl/α,β-unsaturated/α-hetero) is 1. The van der Waals surface area contributed by atoms with Crippen molar-refractivity contribution in [1.29, 1.82) is 0 Å². The molecule has 1 aromatic rings. The Hall–Kier alpha value is -3.74. The summed E-state index contributed by atoms with van der Waals surface area (Å²) in [5.41, 5.74) is 3.11. The number of carbonyl (C=O) groups excluding carboxylic acids is 4. The number of ether oxygens (including phenoxy) is 1. The maximum atomic E-state index is 13.7. The van der Waals surface area contributed by atoms with Gasteiger partial charge in [0, 0.05) is 40.2 Å². The molecular formula is C30H29NO6. The molecule has 7 heteroatoms. The monoisotopic (exact) mass is 499 g/mol. The van der Waals surface area contributed by atoms with E-state index in [1.54, 1.807) is 31.4 Å². The molecule has 190 valence electrons. The molecule has 4 unspecified atom stereocenters. The molecule has 7 nitrogen and oxygen atoms in total. The highest BCUT2D eigenvalue weighted by Gasteiger charge is 2.58. The standard InChI is InChI=1S/C30H29NO6/c1-14-9-22(33)21-12-20-18(6-7-19-25(20)29(36)31(28(19)35)30(2,3)4)24(26(21)27(14)34)16-10-15-11-17(32)5-8-23(15)37-13-16/h5-6,8-9,11,13,19-20,24-25,32H,7,10,12H2,1-4H3. The summed E-state index contributed by atoms with van der Waals surface area (Å²) in [4.78, 5) is 55.2. The lowest BCUT2D eigenvalue weighted by Crippen LogP contribution is -2.46. The van der Waals surface area contributed by atoms with Crippen molar-refractivity contribution < 1.29 is 29.0 Å². The summed E-state index contributed by atoms with van der Waals surface area (Å²) in [7, 11) is 0. The zero-order valence-corrected chi connectivity index (χ0v) is 21.3. The minimum absolute atomic E-state index is 0.116. The lowest BCUT2D eigenvalue weighted by molar-refractivity contribution is -0.145. The normalized spacial score (nSPS) is 29.1. The lowest BCUT2D eigenvalue weighted by atomic mass is 9.58. The van der Waals surface area contributed by atoms with Gasteiger partial charge >= 0.3 is 0 Å². The van der Waals surface area contributed by atoms with Crippen LogP contribution in [0.4, 0.5) is 0 Å². The van der Waals surface area contributed by atoms with Crippen LogP contribution >= 0.6 is 0 Å². The minimum Gasteiger partial charge on any atom is -0.508 e. The van der Waals surface area contributed by atoms with Gasteiger partial charge in [-0.05, 0) is 76.3 Å². The third-order valence-corrected chi connectivity index (χ3v) is 8.38. The second-order valence-electron chi connectivity index (χ2n) is 11.7. The molecule has 0 radical (unpaired) electrons. The number of ketones is 2. The van der Waals surface area contributed by atoms with Crippen molar-refractivity contribution in [2.75, 3.05) is 0 Å². The van der Waals surface area contributed by atoms with Gasteiger partial charge in [0.15, 0.2) is 11.6 Å². The molecule has 1 N–H and O–H groups in total. The largest absolute Gasteiger partial charge is 0.508 e. The maximum Gasteiger partial charge on any atom is 0.234 e. The number of allylic oxidation sites excluding steroid dienone is 7. The number of nitrogens with zero attached hydrogens (tertiary/aromatic N) is 1. The maximum absolute atomic E-state index is 13.7. The Morgan fingerprint density at radius 1 is 1.05 bits per heavy atom. The van der Waals surface area contributed by atoms with E-state index in [-0.39, 0.29) is 41.5 Å². The number of amides is 2. The molecule has 37 heavy (non-hydrogen) atoms. The van der Waals surface area contributed by atoms with Gasteiger partial charge in [0.25, 0.3) is 0 Å². The number of fused-ring (bicyclic) bond motifs is 4. The zero-order valence-electron chi connectivity index (χ0n) is 21.3. The van der Waals surface area contributed by atoms with Crippen LogP contribution < -0.4 is 4.74 Å². The van der Waals surface area contributed by atoms with Crippen molar-refractivity contribution in [3.8, 4) is 11.5 Å². The Bertz CT molecular complexity index is 1430. The second kappa shape index (κ2) is 7.88. The Morgan fingerprint density at radius 3 is 2.54 bits per heavy atom. The number of phenols is 1. The second-order valence-corrected chi connectivity index (χ2v) is 11.7. The fourth-order valence-corrected chi connectivity index (χ4v) is 6.83. The molecule has 1 fully saturated rings. The predicted octanol–water partition coefficient (Wildman–Crippen LogP) is 3.97. The smallest absolute Gasteiger partial charge is 0.234 e. The molecule has 3 aliphatic carbocycles. The van der Waals surface area contributed by atoms with E-state index < -0.39 is 23.3 Å². The van der Waals surface area contributed by atoms with Crippen LogP contribution in [0.1, 0.15) is 46.1 Å². The molecular weight excluding hydrogens is 470 g/mol. The molecule has 1 aromatic carbocycles. The molecule has 2 heterocycles. The first-order chi connectivity index (χ1) is 17.5. The molecule has 0 bridgehead atoms. The van der Waals surface area contributed by atoms with Crippen LogP contribution in [0.15, 0.2) is 64.5 Å². The van der Waals surface area contributed by atoms with Gasteiger partial charge in [-0.25, -0.2) is 0 Å². The van der Waals surface area contributed by atoms with E-state index in [0.717, 1.165) is 16.7 Å². The van der Waals surface area contributed by atoms with E-state index in [0.29, 0.717) is 35.3 Å². The number of likely N-dealkylation sites (tertiary alicyclic amines) is 1. The third kappa shape index (κ3) is 3.40. The van der Waals surface area contributed by atoms with E-state index in [1.165, 1.54) is 11.0 Å². The van der Waals surface area contributed by atoms with Crippen LogP contribution in [0.25, 0.3) is 0 Å². The highest BCUT2D eigenvalue weighted by molar-refractivity contribution is 6.23. The number of benzene rings is 1. The molecule has 0 saturated carbocycles. The summed E-state index contributed by atoms with van der Waals surface area (Å²) in [6.45, 7) is 7.21. The van der Waals surface area contributed by atoms with E-state index in [4.69, 9.17) is 4.74 Å². The minimum atomic E-state index is -0.647. The van der Waals surface area contributed by atoms with Crippen molar-refractivity contribution in [3.63, 3.8) is 0 Å². The summed E-state index contributed by atoms with van der Waals surface area (Å²) in [5, 5.41) is 10.0. The topological polar surface area (TPSA) is 101 Å². The predicted molar refractivity (Wildman–Crippen MR) is 134 cm³/mol. The van der Waals surface area contributed by atoms with Crippen LogP contribution in [0.3, 0.4) is 0 Å². The van der Waals surface area contributed by atoms with Gasteiger partial charge in [-0.2, -0.15) is 0 Å². The van der Waals surface area contributed by atoms with Gasteiger partial charge in [0.2, 0.25) is 11.8 Å². The lowest BCUT2D eigenvalue weighted by Gasteiger charge is -2.43. The van der Waals surface area contributed by atoms with Gasteiger partial charge in [-0.1, -0.05) is 11.6 Å². The Labute approximate surface area is 215 Å². The number of imide groups is 1. The van der Waals surface area contributed by atoms with Crippen LogP contribution in [0.5, 0.6) is 11.5 Å². The SMILES string of the molecule is CC1=CC(=O)C2=C(C1=O)C(C1=COc3ccc(O)cc3C1)C1=CCC3C(=O)N(C(C)(C)C)C(=O)C3C1C2. The van der Waals surface area contributed by atoms with Crippen LogP contribution in [-0.4, -0.2) is 38.9 Å². The molecule has 0 spiro atoms. The molecule has 1 saturated heterocycles. The van der Waals surface area contributed by atoms with Gasteiger partial charge in [-0.3, -0.25) is 24.1 Å². The van der Waals surface area contributed by atoms with Crippen molar-refractivity contribution in [1.82, 2.24) is 4.90 Å². The van der Waals surface area contributed by atoms with Crippen molar-refractivity contribution in [3.05, 3.63) is 70.0 Å². The summed E-state index contributed by atoms with van der Waals surface area (Å²) in [6, 6.07) is 4.89. The van der Waals surface area contributed by atoms with Crippen LogP contribution in [0, 0.1) is 23.7 Å². The number of carbonyl (C=O) groups is 4. The van der Waals surface area contributed by atoms with Gasteiger partial charge in [-0.15, -0.1) is 0 Å². The van der Waals surface area contributed by atoms with E-state index in [1.807, 2.05) is 26.8 Å². The number of hydrogen-bond donors (Lipinski definition) is 1. The number of phenolic OH excluding ortho intramolecular Hbond substituents is 1. The van der Waals surface area contributed by atoms with Crippen molar-refractivity contribution in [2.24, 2.45) is 23.7 Å². The van der Waals surface area contributed by atoms with Gasteiger partial charge in [0.05, 0.1) is 18.1 Å². The quantitative estimate of drug-likeness (QED) is 0.357. The number of rotatable bonds is 1. The average molecular weight is 500 g/mol. The molecule has 2 aliphatic heterocycles. The first-order valence-corrected chi connectivity index (χ1v) is 12.7. The summed E-state index contributed by atoms with van der Waals surface area (Å²) in [6.07, 6.45) is 6.13. The van der Waals surface area contributed by atoms with E-state index >= 15 is 0 Å². The average Bonchev–Trinajstić information content (AvgIpc) is 3.11. The molecule has 4 atom stereocenters. The third-order valence-electron chi connectivity index (χ3n) is 8.38. The van der Waals surface area contributed by atoms with E-state index in [2.05, 4.69) is 0 Å². The molecule has 5 aliphatic rings. The Balaban J connectivity index is 1.48.